The molecular weight excluding hydrogens is 284 g/mol. The lowest BCUT2D eigenvalue weighted by atomic mass is 10.2. The van der Waals surface area contributed by atoms with Crippen LogP contribution in [0.2, 0.25) is 0 Å². The first-order valence-electron chi connectivity index (χ1n) is 7.33. The monoisotopic (exact) mass is 306 g/mol. The molecular formula is C16H22N2O2S. The number of aryl methyl sites for hydroxylation is 1. The van der Waals surface area contributed by atoms with Crippen molar-refractivity contribution in [1.29, 1.82) is 0 Å². The Balaban J connectivity index is 2.03. The lowest BCUT2D eigenvalue weighted by Gasteiger charge is -2.13. The van der Waals surface area contributed by atoms with Gasteiger partial charge in [0.05, 0.1) is 24.8 Å². The van der Waals surface area contributed by atoms with Crippen LogP contribution in [0.5, 0.6) is 11.5 Å². The van der Waals surface area contributed by atoms with Gasteiger partial charge in [-0.05, 0) is 32.4 Å². The Labute approximate surface area is 130 Å². The normalized spacial score (nSPS) is 10.4. The summed E-state index contributed by atoms with van der Waals surface area (Å²) in [7, 11) is 0. The Morgan fingerprint density at radius 3 is 2.52 bits per heavy atom. The largest absolute Gasteiger partial charge is 0.490 e. The van der Waals surface area contributed by atoms with E-state index in [1.54, 1.807) is 11.3 Å². The first-order chi connectivity index (χ1) is 10.3. The molecule has 0 radical (unpaired) electrons. The van der Waals surface area contributed by atoms with E-state index in [9.17, 15) is 0 Å². The number of nitrogens with zero attached hydrogens (tertiary/aromatic N) is 1. The predicted molar refractivity (Wildman–Crippen MR) is 87.6 cm³/mol. The van der Waals surface area contributed by atoms with Crippen LogP contribution in [0.1, 0.15) is 30.7 Å². The van der Waals surface area contributed by atoms with Crippen LogP contribution in [-0.4, -0.2) is 18.2 Å². The first kappa shape index (κ1) is 15.6. The second-order valence-corrected chi connectivity index (χ2v) is 5.65. The lowest BCUT2D eigenvalue weighted by molar-refractivity contribution is 0.288. The minimum absolute atomic E-state index is 0.623. The molecule has 21 heavy (non-hydrogen) atoms. The fourth-order valence-electron chi connectivity index (χ4n) is 1.94. The molecule has 4 nitrogen and oxygen atoms in total. The average molecular weight is 306 g/mol. The third-order valence-corrected chi connectivity index (χ3v) is 4.06. The van der Waals surface area contributed by atoms with Crippen LogP contribution >= 0.6 is 11.3 Å². The summed E-state index contributed by atoms with van der Waals surface area (Å²) in [4.78, 5) is 5.60. The molecule has 5 heteroatoms. The van der Waals surface area contributed by atoms with Gasteiger partial charge in [0.15, 0.2) is 11.5 Å². The zero-order valence-electron chi connectivity index (χ0n) is 12.8. The van der Waals surface area contributed by atoms with Gasteiger partial charge >= 0.3 is 0 Å². The zero-order valence-corrected chi connectivity index (χ0v) is 13.6. The second-order valence-electron chi connectivity index (χ2n) is 4.45. The Morgan fingerprint density at radius 2 is 1.86 bits per heavy atom. The van der Waals surface area contributed by atoms with E-state index in [0.29, 0.717) is 13.2 Å². The maximum Gasteiger partial charge on any atom is 0.163 e. The van der Waals surface area contributed by atoms with Crippen molar-refractivity contribution in [3.63, 3.8) is 0 Å². The zero-order chi connectivity index (χ0) is 15.1. The van der Waals surface area contributed by atoms with E-state index >= 15 is 0 Å². The summed E-state index contributed by atoms with van der Waals surface area (Å²) in [5.41, 5.74) is 1.02. The van der Waals surface area contributed by atoms with Crippen molar-refractivity contribution in [3.05, 3.63) is 34.3 Å². The highest BCUT2D eigenvalue weighted by atomic mass is 32.1. The van der Waals surface area contributed by atoms with Gasteiger partial charge < -0.3 is 14.8 Å². The SMILES string of the molecule is CCOc1ccc(NCc2cnc(CC)s2)cc1OCC. The van der Waals surface area contributed by atoms with Gasteiger partial charge in [0.2, 0.25) is 0 Å². The van der Waals surface area contributed by atoms with E-state index in [4.69, 9.17) is 9.47 Å². The van der Waals surface area contributed by atoms with Crippen LogP contribution in [0, 0.1) is 0 Å². The molecule has 0 aliphatic heterocycles. The summed E-state index contributed by atoms with van der Waals surface area (Å²) in [6.07, 6.45) is 2.93. The molecule has 1 N–H and O–H groups in total. The predicted octanol–water partition coefficient (Wildman–Crippen LogP) is 4.12. The molecule has 0 amide bonds. The minimum Gasteiger partial charge on any atom is -0.490 e. The van der Waals surface area contributed by atoms with Crippen LogP contribution in [0.3, 0.4) is 0 Å². The lowest BCUT2D eigenvalue weighted by Crippen LogP contribution is -2.01. The molecule has 0 unspecified atom stereocenters. The third-order valence-electron chi connectivity index (χ3n) is 2.91. The maximum absolute atomic E-state index is 5.63. The maximum atomic E-state index is 5.63. The second kappa shape index (κ2) is 7.88. The van der Waals surface area contributed by atoms with Crippen molar-refractivity contribution in [3.8, 4) is 11.5 Å². The molecule has 1 heterocycles. The van der Waals surface area contributed by atoms with Crippen LogP contribution in [0.15, 0.2) is 24.4 Å². The number of hydrogen-bond acceptors (Lipinski definition) is 5. The molecule has 0 fully saturated rings. The van der Waals surface area contributed by atoms with Crippen LogP contribution in [-0.2, 0) is 13.0 Å². The number of rotatable bonds is 8. The van der Waals surface area contributed by atoms with Crippen molar-refractivity contribution in [2.75, 3.05) is 18.5 Å². The summed E-state index contributed by atoms with van der Waals surface area (Å²) < 4.78 is 11.2. The quantitative estimate of drug-likeness (QED) is 0.797. The summed E-state index contributed by atoms with van der Waals surface area (Å²) in [5.74, 6) is 1.57. The summed E-state index contributed by atoms with van der Waals surface area (Å²) in [6.45, 7) is 8.09. The van der Waals surface area contributed by atoms with E-state index in [1.165, 1.54) is 9.88 Å². The fraction of sp³-hybridized carbons (Fsp3) is 0.438. The van der Waals surface area contributed by atoms with Gasteiger partial charge in [-0.3, -0.25) is 0 Å². The van der Waals surface area contributed by atoms with Gasteiger partial charge in [0, 0.05) is 22.8 Å². The fourth-order valence-corrected chi connectivity index (χ4v) is 2.75. The van der Waals surface area contributed by atoms with E-state index in [-0.39, 0.29) is 0 Å². The van der Waals surface area contributed by atoms with Crippen LogP contribution in [0.4, 0.5) is 5.69 Å². The molecule has 1 aromatic heterocycles. The Kier molecular flexibility index (Phi) is 5.87. The highest BCUT2D eigenvalue weighted by Crippen LogP contribution is 2.31. The van der Waals surface area contributed by atoms with Gasteiger partial charge in [-0.2, -0.15) is 0 Å². The van der Waals surface area contributed by atoms with Crippen molar-refractivity contribution in [1.82, 2.24) is 4.98 Å². The van der Waals surface area contributed by atoms with E-state index in [2.05, 4.69) is 17.2 Å². The van der Waals surface area contributed by atoms with Crippen molar-refractivity contribution in [2.24, 2.45) is 0 Å². The molecule has 0 aliphatic rings. The molecule has 0 saturated heterocycles. The van der Waals surface area contributed by atoms with E-state index in [0.717, 1.165) is 30.2 Å². The summed E-state index contributed by atoms with van der Waals surface area (Å²) >= 11 is 1.75. The number of anilines is 1. The smallest absolute Gasteiger partial charge is 0.163 e. The van der Waals surface area contributed by atoms with Gasteiger partial charge in [0.1, 0.15) is 0 Å². The standard InChI is InChI=1S/C16H22N2O2S/c1-4-16-18-11-13(21-16)10-17-12-7-8-14(19-5-2)15(9-12)20-6-3/h7-9,11,17H,4-6,10H2,1-3H3. The third kappa shape index (κ3) is 4.36. The van der Waals surface area contributed by atoms with Gasteiger partial charge in [0.25, 0.3) is 0 Å². The number of aromatic nitrogens is 1. The van der Waals surface area contributed by atoms with Gasteiger partial charge in [-0.25, -0.2) is 4.98 Å². The molecule has 1 aromatic carbocycles. The Hall–Kier alpha value is -1.75. The van der Waals surface area contributed by atoms with E-state index in [1.807, 2.05) is 38.2 Å². The average Bonchev–Trinajstić information content (AvgIpc) is 2.96. The molecule has 2 rings (SSSR count). The van der Waals surface area contributed by atoms with Crippen LogP contribution < -0.4 is 14.8 Å². The topological polar surface area (TPSA) is 43.4 Å². The van der Waals surface area contributed by atoms with Crippen molar-refractivity contribution >= 4 is 17.0 Å². The van der Waals surface area contributed by atoms with Crippen LogP contribution in [0.25, 0.3) is 0 Å². The number of nitrogens with one attached hydrogen (secondary N) is 1. The van der Waals surface area contributed by atoms with Crippen molar-refractivity contribution in [2.45, 2.75) is 33.7 Å². The van der Waals surface area contributed by atoms with Gasteiger partial charge in [-0.15, -0.1) is 11.3 Å². The Bertz CT molecular complexity index is 569. The molecule has 0 aliphatic carbocycles. The molecule has 0 atom stereocenters. The number of hydrogen-bond donors (Lipinski definition) is 1. The van der Waals surface area contributed by atoms with Gasteiger partial charge in [-0.1, -0.05) is 6.92 Å². The number of benzene rings is 1. The first-order valence-corrected chi connectivity index (χ1v) is 8.15. The number of ether oxygens (including phenoxy) is 2. The highest BCUT2D eigenvalue weighted by molar-refractivity contribution is 7.11. The molecule has 0 spiro atoms. The summed E-state index contributed by atoms with van der Waals surface area (Å²) in [6, 6.07) is 5.94. The number of thiazole rings is 1. The molecule has 0 saturated carbocycles. The molecule has 114 valence electrons. The van der Waals surface area contributed by atoms with E-state index < -0.39 is 0 Å². The highest BCUT2D eigenvalue weighted by Gasteiger charge is 2.06. The van der Waals surface area contributed by atoms with Crippen molar-refractivity contribution < 1.29 is 9.47 Å². The Morgan fingerprint density at radius 1 is 1.10 bits per heavy atom. The minimum atomic E-state index is 0.623. The molecule has 2 aromatic rings. The summed E-state index contributed by atoms with van der Waals surface area (Å²) in [5, 5.41) is 4.58. The molecule has 0 bridgehead atoms.